The molecule has 3 nitrogen and oxygen atoms in total. The Morgan fingerprint density at radius 3 is 2.83 bits per heavy atom. The fourth-order valence-corrected chi connectivity index (χ4v) is 1.98. The average molecular weight is 240 g/mol. The Hall–Kier alpha value is -2.21. The lowest BCUT2D eigenvalue weighted by Gasteiger charge is -2.15. The SMILES string of the molecule is C#CC(CC)Nc1cc(=O)n(C)c2ccccc12. The zero-order valence-electron chi connectivity index (χ0n) is 10.6. The molecule has 2 aromatic rings. The highest BCUT2D eigenvalue weighted by molar-refractivity contribution is 5.91. The minimum Gasteiger partial charge on any atom is -0.371 e. The van der Waals surface area contributed by atoms with Crippen LogP contribution in [-0.2, 0) is 7.05 Å². The van der Waals surface area contributed by atoms with Crippen LogP contribution in [0.4, 0.5) is 5.69 Å². The molecule has 0 aliphatic heterocycles. The number of benzene rings is 1. The number of pyridine rings is 1. The Labute approximate surface area is 106 Å². The first-order chi connectivity index (χ1) is 8.67. The Morgan fingerprint density at radius 1 is 1.44 bits per heavy atom. The average Bonchev–Trinajstić information content (AvgIpc) is 2.41. The van der Waals surface area contributed by atoms with E-state index in [0.29, 0.717) is 0 Å². The first kappa shape index (κ1) is 12.3. The molecule has 0 spiro atoms. The third-order valence-electron chi connectivity index (χ3n) is 3.09. The number of hydrogen-bond donors (Lipinski definition) is 1. The lowest BCUT2D eigenvalue weighted by molar-refractivity contribution is 0.854. The van der Waals surface area contributed by atoms with Crippen molar-refractivity contribution in [3.05, 3.63) is 40.7 Å². The number of nitrogens with one attached hydrogen (secondary N) is 1. The summed E-state index contributed by atoms with van der Waals surface area (Å²) in [5.41, 5.74) is 1.67. The number of fused-ring (bicyclic) bond motifs is 1. The number of aryl methyl sites for hydroxylation is 1. The van der Waals surface area contributed by atoms with Crippen molar-refractivity contribution in [2.24, 2.45) is 7.05 Å². The lowest BCUT2D eigenvalue weighted by atomic mass is 10.1. The van der Waals surface area contributed by atoms with Gasteiger partial charge in [0.05, 0.1) is 11.6 Å². The zero-order chi connectivity index (χ0) is 13.1. The molecule has 0 saturated heterocycles. The molecule has 0 fully saturated rings. The van der Waals surface area contributed by atoms with Crippen LogP contribution in [0.25, 0.3) is 10.9 Å². The standard InChI is InChI=1S/C15H16N2O/c1-4-11(5-2)16-13-10-15(18)17(3)14-9-7-6-8-12(13)14/h1,6-11,16H,5H2,2-3H3. The van der Waals surface area contributed by atoms with E-state index in [-0.39, 0.29) is 11.6 Å². The zero-order valence-corrected chi connectivity index (χ0v) is 10.6. The van der Waals surface area contributed by atoms with Gasteiger partial charge < -0.3 is 9.88 Å². The van der Waals surface area contributed by atoms with Gasteiger partial charge in [0.1, 0.15) is 0 Å². The Kier molecular flexibility index (Phi) is 3.38. The normalized spacial score (nSPS) is 12.1. The summed E-state index contributed by atoms with van der Waals surface area (Å²) in [6, 6.07) is 9.33. The van der Waals surface area contributed by atoms with Crippen molar-refractivity contribution in [1.82, 2.24) is 4.57 Å². The minimum absolute atomic E-state index is 0.0388. The van der Waals surface area contributed by atoms with Crippen LogP contribution in [0.1, 0.15) is 13.3 Å². The predicted octanol–water partition coefficient (Wildman–Crippen LogP) is 2.36. The van der Waals surface area contributed by atoms with Crippen LogP contribution in [-0.4, -0.2) is 10.6 Å². The molecule has 1 N–H and O–H groups in total. The van der Waals surface area contributed by atoms with E-state index in [1.807, 2.05) is 31.2 Å². The van der Waals surface area contributed by atoms with Crippen molar-refractivity contribution < 1.29 is 0 Å². The Bertz CT molecular complexity index is 664. The van der Waals surface area contributed by atoms with Crippen molar-refractivity contribution in [3.63, 3.8) is 0 Å². The van der Waals surface area contributed by atoms with Gasteiger partial charge in [0, 0.05) is 24.2 Å². The number of terminal acetylenes is 1. The van der Waals surface area contributed by atoms with E-state index in [0.717, 1.165) is 23.0 Å². The first-order valence-electron chi connectivity index (χ1n) is 5.98. The summed E-state index contributed by atoms with van der Waals surface area (Å²) in [6.07, 6.45) is 6.27. The van der Waals surface area contributed by atoms with Gasteiger partial charge in [0.2, 0.25) is 0 Å². The fourth-order valence-electron chi connectivity index (χ4n) is 1.98. The number of rotatable bonds is 3. The number of anilines is 1. The highest BCUT2D eigenvalue weighted by Crippen LogP contribution is 2.21. The second-order valence-corrected chi connectivity index (χ2v) is 4.24. The molecular weight excluding hydrogens is 224 g/mol. The molecule has 18 heavy (non-hydrogen) atoms. The number of hydrogen-bond acceptors (Lipinski definition) is 2. The van der Waals surface area contributed by atoms with Crippen molar-refractivity contribution in [2.45, 2.75) is 19.4 Å². The van der Waals surface area contributed by atoms with Crippen LogP contribution in [0.5, 0.6) is 0 Å². The number of nitrogens with zero attached hydrogens (tertiary/aromatic N) is 1. The molecule has 0 aliphatic carbocycles. The summed E-state index contributed by atoms with van der Waals surface area (Å²) in [7, 11) is 1.77. The monoisotopic (exact) mass is 240 g/mol. The quantitative estimate of drug-likeness (QED) is 0.836. The van der Waals surface area contributed by atoms with Crippen LogP contribution in [0.2, 0.25) is 0 Å². The van der Waals surface area contributed by atoms with E-state index < -0.39 is 0 Å². The third-order valence-corrected chi connectivity index (χ3v) is 3.09. The van der Waals surface area contributed by atoms with E-state index in [1.54, 1.807) is 17.7 Å². The predicted molar refractivity (Wildman–Crippen MR) is 75.7 cm³/mol. The molecule has 92 valence electrons. The molecule has 0 radical (unpaired) electrons. The van der Waals surface area contributed by atoms with Crippen molar-refractivity contribution in [1.29, 1.82) is 0 Å². The second kappa shape index (κ2) is 4.97. The van der Waals surface area contributed by atoms with Crippen LogP contribution < -0.4 is 10.9 Å². The highest BCUT2D eigenvalue weighted by Gasteiger charge is 2.08. The topological polar surface area (TPSA) is 34.0 Å². The second-order valence-electron chi connectivity index (χ2n) is 4.24. The van der Waals surface area contributed by atoms with Crippen molar-refractivity contribution in [2.75, 3.05) is 5.32 Å². The van der Waals surface area contributed by atoms with Gasteiger partial charge in [-0.25, -0.2) is 0 Å². The summed E-state index contributed by atoms with van der Waals surface area (Å²) in [6.45, 7) is 2.01. The highest BCUT2D eigenvalue weighted by atomic mass is 16.1. The molecule has 0 amide bonds. The molecule has 1 aromatic carbocycles. The van der Waals surface area contributed by atoms with Gasteiger partial charge in [-0.1, -0.05) is 31.0 Å². The van der Waals surface area contributed by atoms with Crippen LogP contribution >= 0.6 is 0 Å². The van der Waals surface area contributed by atoms with Gasteiger partial charge in [0.25, 0.3) is 5.56 Å². The van der Waals surface area contributed by atoms with Gasteiger partial charge in [0.15, 0.2) is 0 Å². The van der Waals surface area contributed by atoms with Gasteiger partial charge in [-0.05, 0) is 12.5 Å². The van der Waals surface area contributed by atoms with Crippen LogP contribution in [0.15, 0.2) is 35.1 Å². The Balaban J connectivity index is 2.61. The van der Waals surface area contributed by atoms with Gasteiger partial charge in [-0.2, -0.15) is 0 Å². The maximum Gasteiger partial charge on any atom is 0.252 e. The molecule has 2 rings (SSSR count). The molecule has 3 heteroatoms. The largest absolute Gasteiger partial charge is 0.371 e. The van der Waals surface area contributed by atoms with Gasteiger partial charge in [-0.15, -0.1) is 6.42 Å². The molecule has 0 saturated carbocycles. The maximum absolute atomic E-state index is 11.9. The molecule has 1 unspecified atom stereocenters. The summed E-state index contributed by atoms with van der Waals surface area (Å²) >= 11 is 0. The molecule has 1 aromatic heterocycles. The third kappa shape index (κ3) is 2.10. The van der Waals surface area contributed by atoms with Crippen molar-refractivity contribution >= 4 is 16.6 Å². The van der Waals surface area contributed by atoms with Crippen molar-refractivity contribution in [3.8, 4) is 12.3 Å². The molecule has 0 aliphatic rings. The number of para-hydroxylation sites is 1. The summed E-state index contributed by atoms with van der Waals surface area (Å²) < 4.78 is 1.64. The molecule has 1 atom stereocenters. The van der Waals surface area contributed by atoms with E-state index in [4.69, 9.17) is 6.42 Å². The minimum atomic E-state index is -0.0551. The number of aromatic nitrogens is 1. The van der Waals surface area contributed by atoms with E-state index in [9.17, 15) is 4.79 Å². The van der Waals surface area contributed by atoms with Crippen LogP contribution in [0.3, 0.4) is 0 Å². The summed E-state index contributed by atoms with van der Waals surface area (Å²) in [4.78, 5) is 11.9. The van der Waals surface area contributed by atoms with E-state index in [1.165, 1.54) is 0 Å². The smallest absolute Gasteiger partial charge is 0.252 e. The van der Waals surface area contributed by atoms with Gasteiger partial charge in [-0.3, -0.25) is 4.79 Å². The molecule has 1 heterocycles. The first-order valence-corrected chi connectivity index (χ1v) is 5.98. The molecule has 0 bridgehead atoms. The summed E-state index contributed by atoms with van der Waals surface area (Å²) in [5, 5.41) is 4.25. The van der Waals surface area contributed by atoms with E-state index in [2.05, 4.69) is 11.2 Å². The van der Waals surface area contributed by atoms with E-state index >= 15 is 0 Å². The van der Waals surface area contributed by atoms with Crippen LogP contribution in [0, 0.1) is 12.3 Å². The van der Waals surface area contributed by atoms with Gasteiger partial charge >= 0.3 is 0 Å². The maximum atomic E-state index is 11.9. The Morgan fingerprint density at radius 2 is 2.17 bits per heavy atom. The molecular formula is C15H16N2O. The summed E-state index contributed by atoms with van der Waals surface area (Å²) in [5.74, 6) is 2.68. The fraction of sp³-hybridized carbons (Fsp3) is 0.267. The lowest BCUT2D eigenvalue weighted by Crippen LogP contribution is -2.21.